The van der Waals surface area contributed by atoms with Crippen molar-refractivity contribution in [1.82, 2.24) is 19.9 Å². The molecule has 0 saturated carbocycles. The van der Waals surface area contributed by atoms with E-state index in [1.165, 1.54) is 24.3 Å². The van der Waals surface area contributed by atoms with Crippen LogP contribution in [0.15, 0.2) is 86.0 Å². The van der Waals surface area contributed by atoms with Crippen molar-refractivity contribution in [3.05, 3.63) is 97.1 Å². The van der Waals surface area contributed by atoms with E-state index in [-0.39, 0.29) is 62.7 Å². The fourth-order valence-corrected chi connectivity index (χ4v) is 2.37. The molecule has 4 aromatic rings. The maximum absolute atomic E-state index is 10.3. The summed E-state index contributed by atoms with van der Waals surface area (Å²) in [6.07, 6.45) is 10.6. The van der Waals surface area contributed by atoms with Crippen LogP contribution in [0.1, 0.15) is 11.1 Å². The summed E-state index contributed by atoms with van der Waals surface area (Å²) in [5, 5.41) is 38.5. The number of nitrogens with zero attached hydrogens (tertiary/aromatic N) is 2. The number of carboxylic acid groups (broad SMARTS) is 2. The second-order valence-electron chi connectivity index (χ2n) is 7.11. The summed E-state index contributed by atoms with van der Waals surface area (Å²) in [6.45, 7) is 0. The van der Waals surface area contributed by atoms with Gasteiger partial charge < -0.3 is 73.4 Å². The molecule has 0 aliphatic heterocycles. The molecule has 17 heteroatoms. The van der Waals surface area contributed by atoms with E-state index in [0.717, 1.165) is 11.1 Å². The number of aromatic nitrogens is 4. The van der Waals surface area contributed by atoms with E-state index in [4.69, 9.17) is 21.7 Å². The fraction of sp³-hybridized carbons (Fsp3) is 0.167. The van der Waals surface area contributed by atoms with Crippen LogP contribution in [-0.4, -0.2) is 76.1 Å². The van der Waals surface area contributed by atoms with Crippen LogP contribution in [0.2, 0.25) is 0 Å². The van der Waals surface area contributed by atoms with Crippen molar-refractivity contribution < 1.29 is 68.4 Å². The Hall–Kier alpha value is -4.35. The SMILES string of the molecule is N[C@@H](Cc1ccc(O)cc1)C(=O)[O-].N[C@@H](Cc1ccc(O)cc1)C(=O)[O-].O.O.O.O.[Ni+2].c1c[nH]cn1.c1c[nH]cn1. The predicted octanol–water partition coefficient (Wildman–Crippen LogP) is -4.46. The minimum absolute atomic E-state index is 0. The monoisotopic (exact) mass is 626 g/mol. The number of aromatic amines is 2. The summed E-state index contributed by atoms with van der Waals surface area (Å²) < 4.78 is 0. The summed E-state index contributed by atoms with van der Waals surface area (Å²) in [4.78, 5) is 33.4. The molecular weight excluding hydrogens is 591 g/mol. The molecule has 232 valence electrons. The number of nitrogens with two attached hydrogens (primary N) is 2. The van der Waals surface area contributed by atoms with E-state index in [9.17, 15) is 19.8 Å². The summed E-state index contributed by atoms with van der Waals surface area (Å²) in [6, 6.07) is 10.4. The standard InChI is InChI=1S/2C9H11NO3.2C3H4N2.Ni.4H2O/c2*10-8(9(12)13)5-6-1-3-7(11)4-2-6;2*1-2-5-3-4-1;;;;;/h2*1-4,8,11H,5,10H2,(H,12,13);2*1-3H,(H,4,5);;4*1H2/q;;;;+2;;;;/p-2/t2*8-;;;;;;;/m00......./s1. The number of carbonyl (C=O) groups is 2. The number of phenols is 2. The molecule has 2 aromatic heterocycles. The van der Waals surface area contributed by atoms with Gasteiger partial charge in [0.25, 0.3) is 0 Å². The first-order valence-corrected chi connectivity index (χ1v) is 10.5. The third-order valence-electron chi connectivity index (χ3n) is 4.20. The van der Waals surface area contributed by atoms with E-state index in [2.05, 4.69) is 19.9 Å². The molecule has 0 spiro atoms. The number of phenolic OH excluding ortho intramolecular Hbond substituents is 2. The van der Waals surface area contributed by atoms with Crippen LogP contribution in [0.25, 0.3) is 0 Å². The Balaban J connectivity index is -0.000000145. The van der Waals surface area contributed by atoms with Gasteiger partial charge in [-0.1, -0.05) is 24.3 Å². The van der Waals surface area contributed by atoms with Crippen molar-refractivity contribution in [3.8, 4) is 11.5 Å². The number of imidazole rings is 2. The maximum Gasteiger partial charge on any atom is 2.00 e. The number of carboxylic acids is 2. The Morgan fingerprint density at radius 3 is 1.15 bits per heavy atom. The van der Waals surface area contributed by atoms with Gasteiger partial charge in [0, 0.05) is 36.9 Å². The zero-order valence-electron chi connectivity index (χ0n) is 21.5. The van der Waals surface area contributed by atoms with Gasteiger partial charge >= 0.3 is 16.5 Å². The Kier molecular flexibility index (Phi) is 30.9. The molecule has 41 heavy (non-hydrogen) atoms. The van der Waals surface area contributed by atoms with Gasteiger partial charge in [-0.15, -0.1) is 0 Å². The normalized spacial score (nSPS) is 9.80. The Labute approximate surface area is 245 Å². The molecule has 0 radical (unpaired) electrons. The van der Waals surface area contributed by atoms with E-state index in [1.54, 1.807) is 61.7 Å². The summed E-state index contributed by atoms with van der Waals surface area (Å²) in [7, 11) is 0. The minimum atomic E-state index is -1.27. The summed E-state index contributed by atoms with van der Waals surface area (Å²) >= 11 is 0. The number of aromatic hydroxyl groups is 2. The molecule has 0 bridgehead atoms. The summed E-state index contributed by atoms with van der Waals surface area (Å²) in [5.41, 5.74) is 12.0. The second kappa shape index (κ2) is 27.2. The molecule has 0 aliphatic rings. The van der Waals surface area contributed by atoms with Crippen molar-refractivity contribution in [2.45, 2.75) is 24.9 Å². The number of H-pyrrole nitrogens is 2. The number of aliphatic carboxylic acids is 2. The van der Waals surface area contributed by atoms with Crippen LogP contribution in [0.4, 0.5) is 0 Å². The van der Waals surface area contributed by atoms with Gasteiger partial charge in [0.1, 0.15) is 11.5 Å². The number of carbonyl (C=O) groups excluding carboxylic acids is 2. The molecule has 16 N–H and O–H groups in total. The molecule has 2 heterocycles. The van der Waals surface area contributed by atoms with Crippen LogP contribution < -0.4 is 21.7 Å². The van der Waals surface area contributed by atoms with Crippen LogP contribution in [-0.2, 0) is 38.9 Å². The van der Waals surface area contributed by atoms with Crippen LogP contribution in [0, 0.1) is 0 Å². The topological polar surface area (TPSA) is 356 Å². The first kappa shape index (κ1) is 46.5. The smallest absolute Gasteiger partial charge is 0.548 e. The van der Waals surface area contributed by atoms with Gasteiger partial charge in [-0.2, -0.15) is 0 Å². The Bertz CT molecular complexity index is 979. The molecule has 2 atom stereocenters. The van der Waals surface area contributed by atoms with Crippen LogP contribution >= 0.6 is 0 Å². The summed E-state index contributed by atoms with van der Waals surface area (Å²) in [5.74, 6) is -2.25. The average molecular weight is 627 g/mol. The Morgan fingerprint density at radius 1 is 0.683 bits per heavy atom. The van der Waals surface area contributed by atoms with E-state index < -0.39 is 24.0 Å². The largest absolute Gasteiger partial charge is 2.00 e. The molecule has 0 fully saturated rings. The van der Waals surface area contributed by atoms with Crippen molar-refractivity contribution in [2.75, 3.05) is 0 Å². The molecule has 0 aliphatic carbocycles. The van der Waals surface area contributed by atoms with Gasteiger partial charge in [-0.3, -0.25) is 0 Å². The van der Waals surface area contributed by atoms with Crippen molar-refractivity contribution in [2.24, 2.45) is 11.5 Å². The van der Waals surface area contributed by atoms with Gasteiger partial charge in [-0.25, -0.2) is 9.97 Å². The zero-order valence-corrected chi connectivity index (χ0v) is 22.5. The third-order valence-corrected chi connectivity index (χ3v) is 4.20. The van der Waals surface area contributed by atoms with Crippen LogP contribution in [0.3, 0.4) is 0 Å². The molecule has 2 aromatic carbocycles. The average Bonchev–Trinajstić information content (AvgIpc) is 3.62. The van der Waals surface area contributed by atoms with Gasteiger partial charge in [0.2, 0.25) is 0 Å². The number of nitrogens with one attached hydrogen (secondary N) is 2. The first-order chi connectivity index (χ1) is 17.2. The molecule has 16 nitrogen and oxygen atoms in total. The van der Waals surface area contributed by atoms with Gasteiger partial charge in [-0.05, 0) is 48.2 Å². The van der Waals surface area contributed by atoms with Crippen molar-refractivity contribution >= 4 is 11.9 Å². The van der Waals surface area contributed by atoms with E-state index >= 15 is 0 Å². The number of hydrogen-bond donors (Lipinski definition) is 6. The van der Waals surface area contributed by atoms with Crippen molar-refractivity contribution in [1.29, 1.82) is 0 Å². The van der Waals surface area contributed by atoms with E-state index in [0.29, 0.717) is 0 Å². The number of benzene rings is 2. The van der Waals surface area contributed by atoms with Crippen LogP contribution in [0.5, 0.6) is 11.5 Å². The zero-order chi connectivity index (χ0) is 26.8. The number of hydrogen-bond acceptors (Lipinski definition) is 10. The quantitative estimate of drug-likeness (QED) is 0.111. The van der Waals surface area contributed by atoms with Gasteiger partial charge in [0.15, 0.2) is 0 Å². The predicted molar refractivity (Wildman–Crippen MR) is 141 cm³/mol. The molecule has 0 unspecified atom stereocenters. The van der Waals surface area contributed by atoms with Gasteiger partial charge in [0.05, 0.1) is 24.6 Å². The van der Waals surface area contributed by atoms with Crippen molar-refractivity contribution in [3.63, 3.8) is 0 Å². The molecule has 4 rings (SSSR count). The minimum Gasteiger partial charge on any atom is -0.548 e. The van der Waals surface area contributed by atoms with E-state index in [1.807, 2.05) is 0 Å². The molecular formula is C24H36N6NiO10. The fourth-order valence-electron chi connectivity index (χ4n) is 2.37. The second-order valence-corrected chi connectivity index (χ2v) is 7.11. The molecule has 0 amide bonds. The first-order valence-electron chi connectivity index (χ1n) is 10.5. The number of rotatable bonds is 6. The maximum atomic E-state index is 10.3. The molecule has 0 saturated heterocycles. The third kappa shape index (κ3) is 23.3. The Morgan fingerprint density at radius 2 is 0.976 bits per heavy atom.